The SMILES string of the molecule is O=C(ON1C(=O)c2ccccc2C1=O)c1cccc2nccnc12. The fourth-order valence-electron chi connectivity index (χ4n) is 2.54. The fraction of sp³-hybridized carbons (Fsp3) is 0. The molecule has 0 aliphatic carbocycles. The summed E-state index contributed by atoms with van der Waals surface area (Å²) in [5.74, 6) is -2.19. The summed E-state index contributed by atoms with van der Waals surface area (Å²) in [6, 6.07) is 11.1. The van der Waals surface area contributed by atoms with Gasteiger partial charge in [0, 0.05) is 12.4 Å². The van der Waals surface area contributed by atoms with Crippen molar-refractivity contribution in [1.82, 2.24) is 15.0 Å². The van der Waals surface area contributed by atoms with Crippen molar-refractivity contribution in [3.05, 3.63) is 71.5 Å². The second-order valence-corrected chi connectivity index (χ2v) is 5.06. The van der Waals surface area contributed by atoms with Crippen LogP contribution < -0.4 is 0 Å². The topological polar surface area (TPSA) is 89.5 Å². The minimum Gasteiger partial charge on any atom is -0.324 e. The molecule has 24 heavy (non-hydrogen) atoms. The van der Waals surface area contributed by atoms with Gasteiger partial charge < -0.3 is 4.84 Å². The second-order valence-electron chi connectivity index (χ2n) is 5.06. The Bertz CT molecular complexity index is 975. The number of imide groups is 1. The fourth-order valence-corrected chi connectivity index (χ4v) is 2.54. The van der Waals surface area contributed by atoms with Gasteiger partial charge in [-0.25, -0.2) is 4.79 Å². The van der Waals surface area contributed by atoms with E-state index in [4.69, 9.17) is 4.84 Å². The molecule has 0 spiro atoms. The number of carbonyl (C=O) groups is 3. The zero-order chi connectivity index (χ0) is 16.7. The summed E-state index contributed by atoms with van der Waals surface area (Å²) in [7, 11) is 0. The Labute approximate surface area is 135 Å². The lowest BCUT2D eigenvalue weighted by atomic mass is 10.1. The van der Waals surface area contributed by atoms with Gasteiger partial charge in [0.15, 0.2) is 0 Å². The van der Waals surface area contributed by atoms with Crippen LogP contribution >= 0.6 is 0 Å². The molecule has 2 aromatic carbocycles. The van der Waals surface area contributed by atoms with Gasteiger partial charge in [-0.1, -0.05) is 23.3 Å². The lowest BCUT2D eigenvalue weighted by molar-refractivity contribution is -0.0583. The number of hydrogen-bond acceptors (Lipinski definition) is 6. The maximum atomic E-state index is 12.4. The van der Waals surface area contributed by atoms with Crippen molar-refractivity contribution in [2.75, 3.05) is 0 Å². The highest BCUT2D eigenvalue weighted by atomic mass is 16.7. The van der Waals surface area contributed by atoms with Crippen LogP contribution in [0.3, 0.4) is 0 Å². The van der Waals surface area contributed by atoms with Crippen LogP contribution in [0, 0.1) is 0 Å². The van der Waals surface area contributed by atoms with Gasteiger partial charge in [0.05, 0.1) is 22.2 Å². The Morgan fingerprint density at radius 3 is 2.25 bits per heavy atom. The van der Waals surface area contributed by atoms with Crippen molar-refractivity contribution in [2.45, 2.75) is 0 Å². The van der Waals surface area contributed by atoms with Gasteiger partial charge >= 0.3 is 5.97 Å². The summed E-state index contributed by atoms with van der Waals surface area (Å²) in [6.45, 7) is 0. The minimum absolute atomic E-state index is 0.122. The van der Waals surface area contributed by atoms with Crippen molar-refractivity contribution < 1.29 is 19.2 Å². The molecule has 0 saturated carbocycles. The quantitative estimate of drug-likeness (QED) is 0.671. The third-order valence-corrected chi connectivity index (χ3v) is 3.65. The first-order chi connectivity index (χ1) is 11.7. The Morgan fingerprint density at radius 2 is 1.54 bits per heavy atom. The van der Waals surface area contributed by atoms with Crippen LogP contribution in [0.1, 0.15) is 31.1 Å². The number of hydrogen-bond donors (Lipinski definition) is 0. The van der Waals surface area contributed by atoms with Crippen LogP contribution in [-0.4, -0.2) is 32.8 Å². The van der Waals surface area contributed by atoms with Gasteiger partial charge in [0.25, 0.3) is 11.8 Å². The zero-order valence-electron chi connectivity index (χ0n) is 12.2. The van der Waals surface area contributed by atoms with E-state index in [1.54, 1.807) is 24.3 Å². The Hall–Kier alpha value is -3.61. The van der Waals surface area contributed by atoms with Crippen molar-refractivity contribution >= 4 is 28.8 Å². The minimum atomic E-state index is -0.851. The molecule has 116 valence electrons. The molecular formula is C17H9N3O4. The van der Waals surface area contributed by atoms with Crippen molar-refractivity contribution in [2.24, 2.45) is 0 Å². The molecule has 0 N–H and O–H groups in total. The first-order valence-electron chi connectivity index (χ1n) is 7.06. The summed E-state index contributed by atoms with van der Waals surface area (Å²) < 4.78 is 0. The molecule has 0 fully saturated rings. The van der Waals surface area contributed by atoms with E-state index in [1.807, 2.05) is 0 Å². The van der Waals surface area contributed by atoms with Crippen LogP contribution in [0.4, 0.5) is 0 Å². The summed E-state index contributed by atoms with van der Waals surface area (Å²) in [6.07, 6.45) is 2.95. The molecule has 0 saturated heterocycles. The number of aromatic nitrogens is 2. The van der Waals surface area contributed by atoms with E-state index in [-0.39, 0.29) is 16.7 Å². The van der Waals surface area contributed by atoms with E-state index >= 15 is 0 Å². The summed E-state index contributed by atoms with van der Waals surface area (Å²) in [4.78, 5) is 50.1. The maximum absolute atomic E-state index is 12.4. The molecule has 3 aromatic rings. The van der Waals surface area contributed by atoms with Crippen LogP contribution in [0.15, 0.2) is 54.9 Å². The van der Waals surface area contributed by atoms with Crippen molar-refractivity contribution in [3.63, 3.8) is 0 Å². The standard InChI is InChI=1S/C17H9N3O4/c21-15-10-4-1-2-5-11(10)16(22)20(15)24-17(23)12-6-3-7-13-14(12)19-9-8-18-13/h1-9H. The number of carbonyl (C=O) groups excluding carboxylic acids is 3. The van der Waals surface area contributed by atoms with E-state index in [0.717, 1.165) is 0 Å². The first-order valence-corrected chi connectivity index (χ1v) is 7.06. The Morgan fingerprint density at radius 1 is 0.875 bits per heavy atom. The molecule has 0 unspecified atom stereocenters. The van der Waals surface area contributed by atoms with E-state index in [1.165, 1.54) is 30.6 Å². The molecule has 1 aliphatic rings. The number of fused-ring (bicyclic) bond motifs is 2. The van der Waals surface area contributed by atoms with Crippen LogP contribution in [0.25, 0.3) is 11.0 Å². The van der Waals surface area contributed by atoms with Gasteiger partial charge in [-0.3, -0.25) is 19.6 Å². The number of benzene rings is 2. The summed E-state index contributed by atoms with van der Waals surface area (Å²) in [5.41, 5.74) is 1.37. The predicted molar refractivity (Wildman–Crippen MR) is 81.9 cm³/mol. The average molecular weight is 319 g/mol. The number of para-hydroxylation sites is 1. The number of rotatable bonds is 2. The second kappa shape index (κ2) is 5.24. The van der Waals surface area contributed by atoms with Gasteiger partial charge in [-0.05, 0) is 24.3 Å². The van der Waals surface area contributed by atoms with Crippen LogP contribution in [0.5, 0.6) is 0 Å². The third-order valence-electron chi connectivity index (χ3n) is 3.65. The van der Waals surface area contributed by atoms with E-state index in [9.17, 15) is 14.4 Å². The van der Waals surface area contributed by atoms with E-state index < -0.39 is 17.8 Å². The molecule has 0 radical (unpaired) electrons. The van der Waals surface area contributed by atoms with Gasteiger partial charge in [0.1, 0.15) is 5.52 Å². The first kappa shape index (κ1) is 14.0. The largest absolute Gasteiger partial charge is 0.366 e. The Balaban J connectivity index is 1.68. The summed E-state index contributed by atoms with van der Waals surface area (Å²) >= 11 is 0. The number of nitrogens with zero attached hydrogens (tertiary/aromatic N) is 3. The molecule has 2 heterocycles. The van der Waals surface area contributed by atoms with Crippen LogP contribution in [0.2, 0.25) is 0 Å². The summed E-state index contributed by atoms with van der Waals surface area (Å²) in [5, 5.41) is 0.474. The molecule has 1 aromatic heterocycles. The lowest BCUT2D eigenvalue weighted by Crippen LogP contribution is -2.32. The number of amides is 2. The maximum Gasteiger partial charge on any atom is 0.366 e. The lowest BCUT2D eigenvalue weighted by Gasteiger charge is -2.13. The monoisotopic (exact) mass is 319 g/mol. The smallest absolute Gasteiger partial charge is 0.324 e. The Kier molecular flexibility index (Phi) is 3.06. The van der Waals surface area contributed by atoms with E-state index in [0.29, 0.717) is 16.1 Å². The molecule has 2 amide bonds. The van der Waals surface area contributed by atoms with E-state index in [2.05, 4.69) is 9.97 Å². The van der Waals surface area contributed by atoms with Gasteiger partial charge in [-0.2, -0.15) is 0 Å². The highest BCUT2D eigenvalue weighted by Gasteiger charge is 2.39. The number of hydroxylamine groups is 2. The average Bonchev–Trinajstić information content (AvgIpc) is 2.86. The zero-order valence-corrected chi connectivity index (χ0v) is 12.2. The molecular weight excluding hydrogens is 310 g/mol. The predicted octanol–water partition coefficient (Wildman–Crippen LogP) is 2.00. The highest BCUT2D eigenvalue weighted by Crippen LogP contribution is 2.24. The third kappa shape index (κ3) is 2.03. The van der Waals surface area contributed by atoms with Crippen molar-refractivity contribution in [1.29, 1.82) is 0 Å². The highest BCUT2D eigenvalue weighted by molar-refractivity contribution is 6.21. The van der Waals surface area contributed by atoms with Crippen LogP contribution in [-0.2, 0) is 4.84 Å². The molecule has 1 aliphatic heterocycles. The molecule has 0 bridgehead atoms. The molecule has 4 rings (SSSR count). The molecule has 7 nitrogen and oxygen atoms in total. The van der Waals surface area contributed by atoms with Crippen molar-refractivity contribution in [3.8, 4) is 0 Å². The van der Waals surface area contributed by atoms with Gasteiger partial charge in [-0.15, -0.1) is 0 Å². The van der Waals surface area contributed by atoms with Gasteiger partial charge in [0.2, 0.25) is 0 Å². The normalized spacial score (nSPS) is 13.2. The molecule has 7 heteroatoms. The molecule has 0 atom stereocenters.